The summed E-state index contributed by atoms with van der Waals surface area (Å²) in [4.78, 5) is 49.2. The van der Waals surface area contributed by atoms with E-state index < -0.39 is 49.4 Å². The largest absolute Gasteiger partial charge is 0.462 e. The van der Waals surface area contributed by atoms with E-state index in [9.17, 15) is 27.6 Å². The first-order chi connectivity index (χ1) is 14.8. The van der Waals surface area contributed by atoms with Crippen molar-refractivity contribution in [2.24, 2.45) is 0 Å². The third-order valence-electron chi connectivity index (χ3n) is 4.41. The van der Waals surface area contributed by atoms with Crippen molar-refractivity contribution >= 4 is 33.3 Å². The zero-order valence-corrected chi connectivity index (χ0v) is 18.2. The Kier molecular flexibility index (Phi) is 8.44. The molecule has 1 aromatic carbocycles. The summed E-state index contributed by atoms with van der Waals surface area (Å²) in [6.07, 6.45) is 3.08. The molecule has 166 valence electrons. The van der Waals surface area contributed by atoms with Crippen LogP contribution in [0.25, 0.3) is 0 Å². The highest BCUT2D eigenvalue weighted by molar-refractivity contribution is 7.96. The maximum Gasteiger partial charge on any atom is 0.343 e. The van der Waals surface area contributed by atoms with Gasteiger partial charge in [0.1, 0.15) is 16.1 Å². The summed E-state index contributed by atoms with van der Waals surface area (Å²) in [6, 6.07) is 6.86. The van der Waals surface area contributed by atoms with Gasteiger partial charge in [0, 0.05) is 6.08 Å². The molecule has 1 aliphatic carbocycles. The summed E-state index contributed by atoms with van der Waals surface area (Å²) in [6.45, 7) is 3.68. The van der Waals surface area contributed by atoms with Crippen molar-refractivity contribution in [2.75, 3.05) is 13.2 Å². The van der Waals surface area contributed by atoms with E-state index in [0.717, 1.165) is 6.42 Å². The van der Waals surface area contributed by atoms with E-state index in [-0.39, 0.29) is 18.1 Å². The second-order valence-corrected chi connectivity index (χ2v) is 8.64. The molecule has 1 aromatic rings. The molecule has 0 N–H and O–H groups in total. The van der Waals surface area contributed by atoms with Gasteiger partial charge >= 0.3 is 11.9 Å². The number of esters is 2. The number of hydrogen-bond donors (Lipinski definition) is 0. The van der Waals surface area contributed by atoms with Crippen LogP contribution in [0.2, 0.25) is 0 Å². The zero-order chi connectivity index (χ0) is 23.0. The number of rotatable bonds is 10. The smallest absolute Gasteiger partial charge is 0.343 e. The predicted molar refractivity (Wildman–Crippen MR) is 110 cm³/mol. The van der Waals surface area contributed by atoms with Crippen LogP contribution in [0.3, 0.4) is 0 Å². The molecule has 2 rings (SSSR count). The Hall–Kier alpha value is -3.07. The van der Waals surface area contributed by atoms with E-state index in [4.69, 9.17) is 9.47 Å². The van der Waals surface area contributed by atoms with Gasteiger partial charge in [-0.2, -0.15) is 0 Å². The second kappa shape index (κ2) is 10.8. The zero-order valence-electron chi connectivity index (χ0n) is 17.4. The molecule has 8 nitrogen and oxygen atoms in total. The summed E-state index contributed by atoms with van der Waals surface area (Å²) in [5.41, 5.74) is -1.64. The molecule has 0 saturated heterocycles. The van der Waals surface area contributed by atoms with E-state index in [0.29, 0.717) is 25.3 Å². The van der Waals surface area contributed by atoms with Crippen molar-refractivity contribution in [1.29, 1.82) is 0 Å². The molecule has 1 aliphatic rings. The number of hydrogen-bond acceptors (Lipinski definition) is 8. The summed E-state index contributed by atoms with van der Waals surface area (Å²) < 4.78 is 36.4. The molecule has 0 aromatic heterocycles. The minimum absolute atomic E-state index is 0.00451. The van der Waals surface area contributed by atoms with Crippen molar-refractivity contribution in [2.45, 2.75) is 44.4 Å². The van der Waals surface area contributed by atoms with Crippen LogP contribution < -0.4 is 0 Å². The highest BCUT2D eigenvalue weighted by Crippen LogP contribution is 2.30. The molecule has 0 saturated carbocycles. The Bertz CT molecular complexity index is 1030. The lowest BCUT2D eigenvalue weighted by Gasteiger charge is -2.18. The van der Waals surface area contributed by atoms with Crippen LogP contribution >= 0.6 is 0 Å². The topological polar surface area (TPSA) is 121 Å². The lowest BCUT2D eigenvalue weighted by Crippen LogP contribution is -2.32. The van der Waals surface area contributed by atoms with Crippen LogP contribution in [0.15, 0.2) is 57.4 Å². The number of carbonyl (C=O) groups is 4. The fourth-order valence-electron chi connectivity index (χ4n) is 2.70. The number of unbranched alkanes of at least 4 members (excludes halogenated alkanes) is 2. The molecule has 0 radical (unpaired) electrons. The molecule has 0 fully saturated rings. The van der Waals surface area contributed by atoms with Gasteiger partial charge in [-0.1, -0.05) is 44.9 Å². The van der Waals surface area contributed by atoms with Crippen LogP contribution in [0.4, 0.5) is 0 Å². The second-order valence-electron chi connectivity index (χ2n) is 6.75. The molecule has 0 amide bonds. The third kappa shape index (κ3) is 5.55. The van der Waals surface area contributed by atoms with Gasteiger partial charge in [-0.15, -0.1) is 0 Å². The van der Waals surface area contributed by atoms with Gasteiger partial charge in [-0.25, -0.2) is 18.0 Å². The minimum atomic E-state index is -4.60. The summed E-state index contributed by atoms with van der Waals surface area (Å²) in [5.74, 6) is -4.72. The van der Waals surface area contributed by atoms with Gasteiger partial charge in [0.2, 0.25) is 15.6 Å². The van der Waals surface area contributed by atoms with E-state index in [1.165, 1.54) is 24.3 Å². The molecular formula is C22H24O8S. The molecule has 0 atom stereocenters. The van der Waals surface area contributed by atoms with E-state index in [1.54, 1.807) is 6.07 Å². The SMILES string of the molecule is CCCCOC(=O)C1=CC(=O)C(C(=O)OCCCC)=C(S(=O)(=O)c2ccccc2)C1=O. The van der Waals surface area contributed by atoms with Crippen LogP contribution in [0.1, 0.15) is 39.5 Å². The molecule has 0 spiro atoms. The highest BCUT2D eigenvalue weighted by Gasteiger charge is 2.43. The van der Waals surface area contributed by atoms with Crippen molar-refractivity contribution in [3.63, 3.8) is 0 Å². The number of ketones is 2. The van der Waals surface area contributed by atoms with Gasteiger partial charge in [-0.05, 0) is 25.0 Å². The number of sulfone groups is 1. The van der Waals surface area contributed by atoms with Gasteiger partial charge in [0.25, 0.3) is 0 Å². The van der Waals surface area contributed by atoms with Crippen LogP contribution in [-0.4, -0.2) is 45.1 Å². The molecule has 0 heterocycles. The molecule has 0 bridgehead atoms. The first kappa shape index (κ1) is 24.2. The van der Waals surface area contributed by atoms with Gasteiger partial charge in [0.15, 0.2) is 5.78 Å². The first-order valence-electron chi connectivity index (χ1n) is 9.95. The maximum absolute atomic E-state index is 13.2. The summed E-state index contributed by atoms with van der Waals surface area (Å²) in [5, 5.41) is 0. The quantitative estimate of drug-likeness (QED) is 0.232. The van der Waals surface area contributed by atoms with Gasteiger partial charge < -0.3 is 9.47 Å². The fraction of sp³-hybridized carbons (Fsp3) is 0.364. The average Bonchev–Trinajstić information content (AvgIpc) is 2.75. The van der Waals surface area contributed by atoms with E-state index in [2.05, 4.69) is 0 Å². The van der Waals surface area contributed by atoms with Crippen LogP contribution in [-0.2, 0) is 38.5 Å². The fourth-order valence-corrected chi connectivity index (χ4v) is 4.26. The van der Waals surface area contributed by atoms with Gasteiger partial charge in [0.05, 0.1) is 18.1 Å². The van der Waals surface area contributed by atoms with E-state index in [1.807, 2.05) is 13.8 Å². The molecule has 31 heavy (non-hydrogen) atoms. The Morgan fingerprint density at radius 1 is 0.871 bits per heavy atom. The first-order valence-corrected chi connectivity index (χ1v) is 11.4. The van der Waals surface area contributed by atoms with Gasteiger partial charge in [-0.3, -0.25) is 9.59 Å². The Balaban J connectivity index is 2.55. The molecule has 9 heteroatoms. The number of Topliss-reactive ketones (excluding diaryl/α,β-unsaturated/α-hetero) is 1. The number of ether oxygens (including phenoxy) is 2. The normalized spacial score (nSPS) is 14.3. The lowest BCUT2D eigenvalue weighted by atomic mass is 9.96. The van der Waals surface area contributed by atoms with Crippen molar-refractivity contribution in [3.8, 4) is 0 Å². The lowest BCUT2D eigenvalue weighted by molar-refractivity contribution is -0.143. The monoisotopic (exact) mass is 448 g/mol. The van der Waals surface area contributed by atoms with Crippen molar-refractivity contribution in [3.05, 3.63) is 52.5 Å². The minimum Gasteiger partial charge on any atom is -0.462 e. The van der Waals surface area contributed by atoms with Crippen LogP contribution in [0.5, 0.6) is 0 Å². The highest BCUT2D eigenvalue weighted by atomic mass is 32.2. The summed E-state index contributed by atoms with van der Waals surface area (Å²) in [7, 11) is -4.60. The predicted octanol–water partition coefficient (Wildman–Crippen LogP) is 2.48. The standard InChI is InChI=1S/C22H24O8S/c1-3-5-12-29-21(25)16-14-17(23)18(22(26)30-13-6-4-2)20(19(16)24)31(27,28)15-10-8-7-9-11-15/h7-11,14H,3-6,12-13H2,1-2H3. The Morgan fingerprint density at radius 3 is 1.97 bits per heavy atom. The number of benzene rings is 1. The molecule has 0 aliphatic heterocycles. The maximum atomic E-state index is 13.2. The molecular weight excluding hydrogens is 424 g/mol. The Labute approximate surface area is 180 Å². The number of allylic oxidation sites excluding steroid dienone is 2. The Morgan fingerprint density at radius 2 is 1.42 bits per heavy atom. The summed E-state index contributed by atoms with van der Waals surface area (Å²) >= 11 is 0. The third-order valence-corrected chi connectivity index (χ3v) is 6.23. The molecule has 0 unspecified atom stereocenters. The van der Waals surface area contributed by atoms with Crippen molar-refractivity contribution in [1.82, 2.24) is 0 Å². The van der Waals surface area contributed by atoms with Crippen molar-refractivity contribution < 1.29 is 37.1 Å². The number of carbonyl (C=O) groups excluding carboxylic acids is 4. The van der Waals surface area contributed by atoms with E-state index >= 15 is 0 Å². The average molecular weight is 448 g/mol. The van der Waals surface area contributed by atoms with Crippen LogP contribution in [0, 0.1) is 0 Å².